The second kappa shape index (κ2) is 8.85. The number of hydrogen-bond acceptors (Lipinski definition) is 4. The van der Waals surface area contributed by atoms with Gasteiger partial charge in [0.2, 0.25) is 0 Å². The van der Waals surface area contributed by atoms with Gasteiger partial charge in [0.1, 0.15) is 17.0 Å². The lowest BCUT2D eigenvalue weighted by Gasteiger charge is -2.37. The second-order valence-corrected chi connectivity index (χ2v) is 10.3. The van der Waals surface area contributed by atoms with Crippen LogP contribution in [0.3, 0.4) is 0 Å². The molecule has 4 aromatic heterocycles. The van der Waals surface area contributed by atoms with E-state index in [1.807, 2.05) is 28.9 Å². The van der Waals surface area contributed by atoms with Gasteiger partial charge in [0.25, 0.3) is 0 Å². The first-order valence-corrected chi connectivity index (χ1v) is 12.9. The van der Waals surface area contributed by atoms with Crippen molar-refractivity contribution < 1.29 is 9.50 Å². The van der Waals surface area contributed by atoms with E-state index in [-0.39, 0.29) is 12.6 Å². The van der Waals surface area contributed by atoms with E-state index in [0.29, 0.717) is 5.75 Å². The van der Waals surface area contributed by atoms with Crippen molar-refractivity contribution in [1.82, 2.24) is 23.7 Å². The van der Waals surface area contributed by atoms with Crippen LogP contribution in [-0.4, -0.2) is 48.5 Å². The van der Waals surface area contributed by atoms with Gasteiger partial charge in [0.15, 0.2) is 0 Å². The monoisotopic (exact) mass is 493 g/mol. The van der Waals surface area contributed by atoms with E-state index in [1.54, 1.807) is 6.07 Å². The lowest BCUT2D eigenvalue weighted by atomic mass is 9.88. The topological polar surface area (TPSA) is 58.1 Å². The Hall–Kier alpha value is -3.97. The average molecular weight is 494 g/mol. The van der Waals surface area contributed by atoms with Crippen LogP contribution in [0.5, 0.6) is 5.75 Å². The van der Waals surface area contributed by atoms with E-state index >= 15 is 0 Å². The minimum absolute atomic E-state index is 0.171. The van der Waals surface area contributed by atoms with E-state index in [9.17, 15) is 9.50 Å². The summed E-state index contributed by atoms with van der Waals surface area (Å²) >= 11 is 0. The van der Waals surface area contributed by atoms with Crippen LogP contribution >= 0.6 is 0 Å². The number of aryl methyl sites for hydroxylation is 1. The molecule has 1 aliphatic heterocycles. The van der Waals surface area contributed by atoms with Crippen LogP contribution in [0.1, 0.15) is 40.8 Å². The molecule has 7 heteroatoms. The summed E-state index contributed by atoms with van der Waals surface area (Å²) in [7, 11) is 0. The van der Waals surface area contributed by atoms with Crippen molar-refractivity contribution in [3.8, 4) is 5.75 Å². The molecule has 5 heterocycles. The number of imidazole rings is 2. The fourth-order valence-corrected chi connectivity index (χ4v) is 5.89. The number of aromatic hydroxyl groups is 1. The molecule has 37 heavy (non-hydrogen) atoms. The van der Waals surface area contributed by atoms with Crippen LogP contribution in [0.25, 0.3) is 22.4 Å². The van der Waals surface area contributed by atoms with E-state index in [2.05, 4.69) is 57.1 Å². The molecule has 0 amide bonds. The molecule has 1 N–H and O–H groups in total. The summed E-state index contributed by atoms with van der Waals surface area (Å²) in [6, 6.07) is 14.4. The van der Waals surface area contributed by atoms with Crippen LogP contribution in [0.2, 0.25) is 0 Å². The molecule has 1 saturated heterocycles. The molecule has 1 aliphatic carbocycles. The molecule has 2 aliphatic rings. The van der Waals surface area contributed by atoms with E-state index in [0.717, 1.165) is 72.6 Å². The Balaban J connectivity index is 1.35. The minimum atomic E-state index is -0.241. The highest BCUT2D eigenvalue weighted by molar-refractivity contribution is 6.00. The molecular weight excluding hydrogens is 465 g/mol. The third-order valence-corrected chi connectivity index (χ3v) is 7.71. The van der Waals surface area contributed by atoms with Gasteiger partial charge in [-0.25, -0.2) is 9.97 Å². The highest BCUT2D eigenvalue weighted by atomic mass is 19.1. The van der Waals surface area contributed by atoms with Gasteiger partial charge < -0.3 is 13.9 Å². The number of phenolic OH excluding ortho intramolecular Hbond substituents is 1. The Bertz CT molecular complexity index is 1660. The summed E-state index contributed by atoms with van der Waals surface area (Å²) in [4.78, 5) is 11.7. The van der Waals surface area contributed by atoms with Crippen LogP contribution < -0.4 is 0 Å². The number of benzene rings is 1. The standard InChI is InChI=1S/C30H28FN5O/c31-15-20-16-34(17-20)18-24-19-36-10-7-23(14-29(36)33-24)30-26(22-6-9-35-11-8-32-28(35)13-22)3-1-2-21-12-25(37)4-5-27(21)30/h4-14,19-20,37H,1-3,15-18H2. The number of phenols is 1. The molecule has 1 aromatic carbocycles. The van der Waals surface area contributed by atoms with Gasteiger partial charge in [-0.2, -0.15) is 0 Å². The molecule has 0 unspecified atom stereocenters. The summed E-state index contributed by atoms with van der Waals surface area (Å²) in [6.45, 7) is 2.11. The minimum Gasteiger partial charge on any atom is -0.508 e. The number of allylic oxidation sites excluding steroid dienone is 1. The van der Waals surface area contributed by atoms with Gasteiger partial charge in [0, 0.05) is 56.5 Å². The molecular formula is C30H28FN5O. The number of aromatic nitrogens is 4. The third-order valence-electron chi connectivity index (χ3n) is 7.71. The molecule has 0 spiro atoms. The number of halogens is 1. The predicted molar refractivity (Wildman–Crippen MR) is 142 cm³/mol. The van der Waals surface area contributed by atoms with Crippen molar-refractivity contribution in [2.45, 2.75) is 25.8 Å². The lowest BCUT2D eigenvalue weighted by Crippen LogP contribution is -2.46. The Kier molecular flexibility index (Phi) is 5.32. The summed E-state index contributed by atoms with van der Waals surface area (Å²) in [6.07, 6.45) is 12.8. The van der Waals surface area contributed by atoms with Crippen LogP contribution in [0.4, 0.5) is 4.39 Å². The number of alkyl halides is 1. The van der Waals surface area contributed by atoms with Crippen LogP contribution in [0, 0.1) is 5.92 Å². The van der Waals surface area contributed by atoms with Gasteiger partial charge in [-0.3, -0.25) is 9.29 Å². The molecule has 0 saturated carbocycles. The fraction of sp³-hybridized carbons (Fsp3) is 0.267. The fourth-order valence-electron chi connectivity index (χ4n) is 5.89. The normalized spacial score (nSPS) is 16.8. The van der Waals surface area contributed by atoms with Crippen LogP contribution in [-0.2, 0) is 13.0 Å². The number of likely N-dealkylation sites (tertiary alicyclic amines) is 1. The number of fused-ring (bicyclic) bond motifs is 3. The Morgan fingerprint density at radius 3 is 2.65 bits per heavy atom. The zero-order valence-electron chi connectivity index (χ0n) is 20.5. The summed E-state index contributed by atoms with van der Waals surface area (Å²) in [5, 5.41) is 10.2. The van der Waals surface area contributed by atoms with Gasteiger partial charge in [-0.15, -0.1) is 0 Å². The molecule has 186 valence electrons. The summed E-state index contributed by atoms with van der Waals surface area (Å²) < 4.78 is 16.9. The Morgan fingerprint density at radius 2 is 1.76 bits per heavy atom. The zero-order valence-corrected chi connectivity index (χ0v) is 20.5. The van der Waals surface area contributed by atoms with E-state index < -0.39 is 0 Å². The smallest absolute Gasteiger partial charge is 0.137 e. The Morgan fingerprint density at radius 1 is 0.919 bits per heavy atom. The molecule has 0 bridgehead atoms. The lowest BCUT2D eigenvalue weighted by molar-refractivity contribution is 0.0727. The first-order chi connectivity index (χ1) is 18.1. The highest BCUT2D eigenvalue weighted by Gasteiger charge is 2.27. The van der Waals surface area contributed by atoms with Crippen molar-refractivity contribution >= 4 is 22.4 Å². The maximum Gasteiger partial charge on any atom is 0.137 e. The quantitative estimate of drug-likeness (QED) is 0.357. The van der Waals surface area contributed by atoms with Gasteiger partial charge in [0.05, 0.1) is 12.4 Å². The summed E-state index contributed by atoms with van der Waals surface area (Å²) in [5.74, 6) is 0.472. The first kappa shape index (κ1) is 22.2. The number of pyridine rings is 2. The van der Waals surface area contributed by atoms with Crippen molar-refractivity contribution in [2.75, 3.05) is 19.8 Å². The maximum absolute atomic E-state index is 12.8. The van der Waals surface area contributed by atoms with Crippen molar-refractivity contribution in [1.29, 1.82) is 0 Å². The number of rotatable bonds is 5. The molecule has 1 fully saturated rings. The Labute approximate surface area is 214 Å². The predicted octanol–water partition coefficient (Wildman–Crippen LogP) is 5.38. The SMILES string of the molecule is Oc1ccc2c(c1)CCCC(c1ccn3ccnc3c1)=C2c1ccn2cc(CN3CC(CF)C3)nc2c1. The second-order valence-electron chi connectivity index (χ2n) is 10.3. The van der Waals surface area contributed by atoms with Crippen LogP contribution in [0.15, 0.2) is 73.4 Å². The van der Waals surface area contributed by atoms with Crippen molar-refractivity contribution in [3.63, 3.8) is 0 Å². The zero-order chi connectivity index (χ0) is 24.9. The van der Waals surface area contributed by atoms with Gasteiger partial charge in [-0.1, -0.05) is 6.07 Å². The molecule has 7 rings (SSSR count). The average Bonchev–Trinajstić information content (AvgIpc) is 3.47. The van der Waals surface area contributed by atoms with Crippen molar-refractivity contribution in [3.05, 3.63) is 101 Å². The molecule has 0 atom stereocenters. The molecule has 6 nitrogen and oxygen atoms in total. The maximum atomic E-state index is 12.8. The van der Waals surface area contributed by atoms with E-state index in [4.69, 9.17) is 4.98 Å². The third kappa shape index (κ3) is 4.00. The number of hydrogen-bond donors (Lipinski definition) is 1. The summed E-state index contributed by atoms with van der Waals surface area (Å²) in [5.41, 5.74) is 9.88. The van der Waals surface area contributed by atoms with Gasteiger partial charge >= 0.3 is 0 Å². The largest absolute Gasteiger partial charge is 0.508 e. The van der Waals surface area contributed by atoms with Gasteiger partial charge in [-0.05, 0) is 89.1 Å². The number of nitrogens with zero attached hydrogens (tertiary/aromatic N) is 5. The molecule has 0 radical (unpaired) electrons. The highest BCUT2D eigenvalue weighted by Crippen LogP contribution is 2.41. The van der Waals surface area contributed by atoms with E-state index in [1.165, 1.54) is 16.7 Å². The first-order valence-electron chi connectivity index (χ1n) is 12.9. The van der Waals surface area contributed by atoms with Crippen molar-refractivity contribution in [2.24, 2.45) is 5.92 Å². The molecule has 5 aromatic rings.